The van der Waals surface area contributed by atoms with Crippen LogP contribution in [0, 0.1) is 5.92 Å². The van der Waals surface area contributed by atoms with Crippen LogP contribution < -0.4 is 10.6 Å². The molecule has 1 rings (SSSR count). The molecular formula is C9H16ClF3N2OS. The fraction of sp³-hybridized carbons (Fsp3) is 0.889. The van der Waals surface area contributed by atoms with Crippen molar-refractivity contribution in [2.24, 2.45) is 5.92 Å². The summed E-state index contributed by atoms with van der Waals surface area (Å²) in [4.78, 5) is 11.0. The van der Waals surface area contributed by atoms with E-state index in [4.69, 9.17) is 0 Å². The molecule has 8 heteroatoms. The summed E-state index contributed by atoms with van der Waals surface area (Å²) in [7, 11) is 0. The molecule has 3 nitrogen and oxygen atoms in total. The monoisotopic (exact) mass is 292 g/mol. The molecule has 0 aliphatic carbocycles. The van der Waals surface area contributed by atoms with Crippen LogP contribution in [0.1, 0.15) is 12.8 Å². The van der Waals surface area contributed by atoms with Crippen molar-refractivity contribution in [3.63, 3.8) is 0 Å². The van der Waals surface area contributed by atoms with Gasteiger partial charge in [0.1, 0.15) is 0 Å². The van der Waals surface area contributed by atoms with Gasteiger partial charge in [0.15, 0.2) is 0 Å². The van der Waals surface area contributed by atoms with Crippen molar-refractivity contribution in [1.29, 1.82) is 0 Å². The lowest BCUT2D eigenvalue weighted by Crippen LogP contribution is -2.28. The molecule has 2 N–H and O–H groups in total. The van der Waals surface area contributed by atoms with Crippen LogP contribution in [0.3, 0.4) is 0 Å². The number of nitrogens with one attached hydrogen (secondary N) is 2. The largest absolute Gasteiger partial charge is 0.442 e. The van der Waals surface area contributed by atoms with Gasteiger partial charge >= 0.3 is 5.51 Å². The molecule has 1 heterocycles. The number of carbonyl (C=O) groups excluding carboxylic acids is 1. The highest BCUT2D eigenvalue weighted by Gasteiger charge is 2.29. The number of hydrogen-bond acceptors (Lipinski definition) is 3. The summed E-state index contributed by atoms with van der Waals surface area (Å²) >= 11 is -0.300. The Morgan fingerprint density at radius 3 is 2.71 bits per heavy atom. The number of hydrogen-bond donors (Lipinski definition) is 2. The van der Waals surface area contributed by atoms with E-state index in [1.54, 1.807) is 0 Å². The van der Waals surface area contributed by atoms with Gasteiger partial charge in [-0.25, -0.2) is 0 Å². The van der Waals surface area contributed by atoms with E-state index in [-0.39, 0.29) is 24.2 Å². The molecule has 1 fully saturated rings. The van der Waals surface area contributed by atoms with Crippen LogP contribution in [0.25, 0.3) is 0 Å². The fourth-order valence-corrected chi connectivity index (χ4v) is 1.97. The van der Waals surface area contributed by atoms with Crippen LogP contribution in [0.5, 0.6) is 0 Å². The van der Waals surface area contributed by atoms with Crippen LogP contribution in [-0.4, -0.2) is 36.8 Å². The molecule has 0 radical (unpaired) electrons. The zero-order valence-corrected chi connectivity index (χ0v) is 10.8. The van der Waals surface area contributed by atoms with Crippen molar-refractivity contribution in [3.05, 3.63) is 0 Å². The maximum absolute atomic E-state index is 11.8. The lowest BCUT2D eigenvalue weighted by Gasteiger charge is -2.09. The Kier molecular flexibility index (Phi) is 7.98. The summed E-state index contributed by atoms with van der Waals surface area (Å²) in [6.07, 6.45) is 1.91. The highest BCUT2D eigenvalue weighted by atomic mass is 35.5. The third-order valence-corrected chi connectivity index (χ3v) is 3.14. The highest BCUT2D eigenvalue weighted by molar-refractivity contribution is 8.00. The van der Waals surface area contributed by atoms with Gasteiger partial charge in [-0.2, -0.15) is 13.2 Å². The number of thioether (sulfide) groups is 1. The molecule has 1 unspecified atom stereocenters. The first-order valence-corrected chi connectivity index (χ1v) is 6.14. The topological polar surface area (TPSA) is 41.1 Å². The first-order chi connectivity index (χ1) is 7.47. The van der Waals surface area contributed by atoms with Gasteiger partial charge in [0.2, 0.25) is 5.91 Å². The van der Waals surface area contributed by atoms with Gasteiger partial charge < -0.3 is 10.6 Å². The van der Waals surface area contributed by atoms with Crippen molar-refractivity contribution in [2.45, 2.75) is 18.3 Å². The molecule has 0 spiro atoms. The highest BCUT2D eigenvalue weighted by Crippen LogP contribution is 2.29. The second-order valence-corrected chi connectivity index (χ2v) is 4.77. The summed E-state index contributed by atoms with van der Waals surface area (Å²) < 4.78 is 35.3. The van der Waals surface area contributed by atoms with E-state index in [0.29, 0.717) is 12.5 Å². The predicted octanol–water partition coefficient (Wildman–Crippen LogP) is 1.78. The molecule has 0 saturated carbocycles. The van der Waals surface area contributed by atoms with E-state index in [2.05, 4.69) is 10.6 Å². The number of alkyl halides is 3. The molecule has 1 saturated heterocycles. The predicted molar refractivity (Wildman–Crippen MR) is 64.4 cm³/mol. The van der Waals surface area contributed by atoms with Crippen molar-refractivity contribution < 1.29 is 18.0 Å². The third kappa shape index (κ3) is 8.57. The molecule has 1 aliphatic heterocycles. The molecule has 17 heavy (non-hydrogen) atoms. The average molecular weight is 293 g/mol. The number of rotatable bonds is 5. The lowest BCUT2D eigenvalue weighted by molar-refractivity contribution is -0.118. The quantitative estimate of drug-likeness (QED) is 0.811. The van der Waals surface area contributed by atoms with Gasteiger partial charge in [0, 0.05) is 6.54 Å². The normalized spacial score (nSPS) is 19.8. The molecule has 1 atom stereocenters. The number of amides is 1. The van der Waals surface area contributed by atoms with E-state index >= 15 is 0 Å². The molecule has 102 valence electrons. The smallest absolute Gasteiger partial charge is 0.355 e. The Balaban J connectivity index is 0.00000256. The average Bonchev–Trinajstić information content (AvgIpc) is 2.66. The lowest BCUT2D eigenvalue weighted by atomic mass is 10.1. The van der Waals surface area contributed by atoms with Crippen molar-refractivity contribution in [1.82, 2.24) is 10.6 Å². The van der Waals surface area contributed by atoms with E-state index in [1.807, 2.05) is 0 Å². The first-order valence-electron chi connectivity index (χ1n) is 5.15. The Bertz CT molecular complexity index is 235. The van der Waals surface area contributed by atoms with Gasteiger partial charge in [-0.05, 0) is 43.6 Å². The minimum Gasteiger partial charge on any atom is -0.355 e. The Morgan fingerprint density at radius 1 is 1.47 bits per heavy atom. The second-order valence-electron chi connectivity index (χ2n) is 3.73. The standard InChI is InChI=1S/C9H15F3N2OS.ClH/c10-9(11,12)16-6-8(15)14-4-2-7-1-3-13-5-7;/h7,13H,1-6H2,(H,14,15);1H. The maximum atomic E-state index is 11.8. The third-order valence-electron chi connectivity index (χ3n) is 2.40. The Hall–Kier alpha value is -0.140. The molecule has 0 aromatic carbocycles. The molecule has 0 aromatic rings. The van der Waals surface area contributed by atoms with Crippen LogP contribution in [0.15, 0.2) is 0 Å². The summed E-state index contributed by atoms with van der Waals surface area (Å²) in [6.45, 7) is 2.39. The van der Waals surface area contributed by atoms with Crippen LogP contribution >= 0.6 is 24.2 Å². The molecule has 0 aromatic heterocycles. The van der Waals surface area contributed by atoms with Gasteiger partial charge in [-0.15, -0.1) is 12.4 Å². The summed E-state index contributed by atoms with van der Waals surface area (Å²) in [6, 6.07) is 0. The maximum Gasteiger partial charge on any atom is 0.442 e. The molecular weight excluding hydrogens is 277 g/mol. The van der Waals surface area contributed by atoms with E-state index in [0.717, 1.165) is 25.9 Å². The SMILES string of the molecule is Cl.O=C(CSC(F)(F)F)NCCC1CCNC1. The van der Waals surface area contributed by atoms with Crippen LogP contribution in [-0.2, 0) is 4.79 Å². The molecule has 1 amide bonds. The molecule has 1 aliphatic rings. The number of halogens is 4. The van der Waals surface area contributed by atoms with E-state index in [9.17, 15) is 18.0 Å². The van der Waals surface area contributed by atoms with Gasteiger partial charge in [-0.1, -0.05) is 0 Å². The summed E-state index contributed by atoms with van der Waals surface area (Å²) in [5.41, 5.74) is -4.33. The van der Waals surface area contributed by atoms with Crippen LogP contribution in [0.4, 0.5) is 13.2 Å². The Labute approximate surface area is 109 Å². The minimum absolute atomic E-state index is 0. The zero-order valence-electron chi connectivity index (χ0n) is 9.18. The van der Waals surface area contributed by atoms with Gasteiger partial charge in [0.25, 0.3) is 0 Å². The summed E-state index contributed by atoms with van der Waals surface area (Å²) in [5.74, 6) is -0.560. The number of carbonyl (C=O) groups is 1. The van der Waals surface area contributed by atoms with Gasteiger partial charge in [0.05, 0.1) is 5.75 Å². The first kappa shape index (κ1) is 16.9. The van der Waals surface area contributed by atoms with Crippen molar-refractivity contribution in [3.8, 4) is 0 Å². The minimum atomic E-state index is -4.33. The van der Waals surface area contributed by atoms with E-state index in [1.165, 1.54) is 0 Å². The summed E-state index contributed by atoms with van der Waals surface area (Å²) in [5, 5.41) is 5.68. The van der Waals surface area contributed by atoms with E-state index < -0.39 is 17.2 Å². The second kappa shape index (κ2) is 8.05. The Morgan fingerprint density at radius 2 is 2.18 bits per heavy atom. The van der Waals surface area contributed by atoms with Crippen molar-refractivity contribution >= 4 is 30.1 Å². The fourth-order valence-electron chi connectivity index (χ4n) is 1.57. The van der Waals surface area contributed by atoms with Crippen LogP contribution in [0.2, 0.25) is 0 Å². The van der Waals surface area contributed by atoms with Crippen molar-refractivity contribution in [2.75, 3.05) is 25.4 Å². The molecule has 0 bridgehead atoms. The zero-order chi connectivity index (χ0) is 12.0. The van der Waals surface area contributed by atoms with Gasteiger partial charge in [-0.3, -0.25) is 4.79 Å².